The van der Waals surface area contributed by atoms with Crippen molar-refractivity contribution in [2.45, 2.75) is 113 Å². The lowest BCUT2D eigenvalue weighted by Gasteiger charge is -2.44. The topological polar surface area (TPSA) is 52.6 Å². The number of hydrogen-bond donors (Lipinski definition) is 0. The number of ether oxygens (including phenoxy) is 2. The van der Waals surface area contributed by atoms with Gasteiger partial charge < -0.3 is 9.47 Å². The molecule has 0 N–H and O–H groups in total. The van der Waals surface area contributed by atoms with Crippen LogP contribution < -0.4 is 4.74 Å². The maximum atomic E-state index is 13.4. The van der Waals surface area contributed by atoms with Crippen LogP contribution in [0.5, 0.6) is 5.75 Å². The summed E-state index contributed by atoms with van der Waals surface area (Å²) >= 11 is 11.9. The zero-order valence-electron chi connectivity index (χ0n) is 23.2. The lowest BCUT2D eigenvalue weighted by molar-refractivity contribution is -0.131. The first kappa shape index (κ1) is 30.9. The summed E-state index contributed by atoms with van der Waals surface area (Å²) in [4.78, 5) is 26.0. The van der Waals surface area contributed by atoms with Gasteiger partial charge in [-0.25, -0.2) is 4.79 Å². The van der Waals surface area contributed by atoms with Gasteiger partial charge in [-0.2, -0.15) is 0 Å². The van der Waals surface area contributed by atoms with E-state index in [1.54, 1.807) is 12.1 Å². The van der Waals surface area contributed by atoms with Crippen LogP contribution in [0.2, 0.25) is 0 Å². The van der Waals surface area contributed by atoms with Crippen LogP contribution in [-0.4, -0.2) is 32.0 Å². The van der Waals surface area contributed by atoms with Crippen LogP contribution >= 0.6 is 47.8 Å². The maximum absolute atomic E-state index is 13.4. The van der Waals surface area contributed by atoms with Crippen molar-refractivity contribution in [2.24, 2.45) is 10.8 Å². The minimum absolute atomic E-state index is 0.0228. The Kier molecular flexibility index (Phi) is 9.88. The molecule has 1 aromatic rings. The van der Waals surface area contributed by atoms with Gasteiger partial charge in [0.05, 0.1) is 9.89 Å². The lowest BCUT2D eigenvalue weighted by atomic mass is 9.66. The molecule has 1 heterocycles. The zero-order chi connectivity index (χ0) is 27.8. The average molecular weight is 705 g/mol. The third kappa shape index (κ3) is 7.30. The van der Waals surface area contributed by atoms with Gasteiger partial charge in [0.2, 0.25) is 0 Å². The number of fused-ring (bicyclic) bond motifs is 3. The Bertz CT molecular complexity index is 1060. The van der Waals surface area contributed by atoms with E-state index >= 15 is 0 Å². The van der Waals surface area contributed by atoms with E-state index in [1.807, 2.05) is 19.9 Å². The molecule has 7 heteroatoms. The van der Waals surface area contributed by atoms with Gasteiger partial charge in [-0.3, -0.25) is 4.79 Å². The Balaban J connectivity index is 2.15. The second kappa shape index (κ2) is 11.8. The number of hydrogen-bond acceptors (Lipinski definition) is 4. The molecule has 4 atom stereocenters. The SMILES string of the molecule is CC(=O)Oc1ccc2cc1CC1=C(C)CC[C@H](Br)[C@@]1(C)CC[C@@H](Br)C(C)(C)CC[C@@H](C(C)(C)Br)OC2=O. The third-order valence-electron chi connectivity index (χ3n) is 8.42. The molecule has 0 unspecified atom stereocenters. The standard InChI is InChI=1S/C30H41Br3O4/c1-18-8-11-25(32)30(7)15-12-24(31)28(3,4)14-13-26(29(5,6)33)37-27(35)20-9-10-23(36-19(2)34)21(16-20)17-22(18)30/h9-10,16,24-26H,8,11-15,17H2,1-7H3/t24-,25+,26+,30+/m1/s1. The predicted molar refractivity (Wildman–Crippen MR) is 161 cm³/mol. The van der Waals surface area contributed by atoms with E-state index in [1.165, 1.54) is 18.1 Å². The molecule has 2 bridgehead atoms. The fraction of sp³-hybridized carbons (Fsp3) is 0.667. The number of carbonyl (C=O) groups excluding carboxylic acids is 2. The van der Waals surface area contributed by atoms with Gasteiger partial charge in [-0.1, -0.05) is 79.7 Å². The van der Waals surface area contributed by atoms with E-state index in [2.05, 4.69) is 75.5 Å². The number of halogens is 3. The third-order valence-corrected chi connectivity index (χ3v) is 12.1. The Morgan fingerprint density at radius 2 is 1.76 bits per heavy atom. The van der Waals surface area contributed by atoms with Gasteiger partial charge >= 0.3 is 11.9 Å². The molecule has 0 saturated carbocycles. The number of rotatable bonds is 2. The van der Waals surface area contributed by atoms with Gasteiger partial charge in [-0.05, 0) is 94.9 Å². The zero-order valence-corrected chi connectivity index (χ0v) is 27.9. The number of benzene rings is 1. The molecule has 1 aliphatic carbocycles. The van der Waals surface area contributed by atoms with Crippen molar-refractivity contribution in [2.75, 3.05) is 0 Å². The van der Waals surface area contributed by atoms with Gasteiger partial charge in [-0.15, -0.1) is 0 Å². The summed E-state index contributed by atoms with van der Waals surface area (Å²) in [5.74, 6) is -0.223. The van der Waals surface area contributed by atoms with Gasteiger partial charge in [0, 0.05) is 22.0 Å². The van der Waals surface area contributed by atoms with Crippen molar-refractivity contribution in [3.8, 4) is 5.75 Å². The number of alkyl halides is 3. The van der Waals surface area contributed by atoms with Crippen LogP contribution in [0, 0.1) is 10.8 Å². The van der Waals surface area contributed by atoms with Crippen LogP contribution in [-0.2, 0) is 16.0 Å². The van der Waals surface area contributed by atoms with Crippen molar-refractivity contribution in [3.05, 3.63) is 40.5 Å². The molecule has 0 aromatic heterocycles. The van der Waals surface area contributed by atoms with Crippen LogP contribution in [0.3, 0.4) is 0 Å². The molecule has 0 saturated heterocycles. The molecule has 1 aromatic carbocycles. The van der Waals surface area contributed by atoms with Crippen LogP contribution in [0.4, 0.5) is 0 Å². The molecule has 3 rings (SSSR count). The van der Waals surface area contributed by atoms with Crippen LogP contribution in [0.25, 0.3) is 0 Å². The molecular weight excluding hydrogens is 664 g/mol. The van der Waals surface area contributed by atoms with Crippen molar-refractivity contribution in [1.82, 2.24) is 0 Å². The monoisotopic (exact) mass is 702 g/mol. The van der Waals surface area contributed by atoms with E-state index < -0.39 is 0 Å². The number of carbonyl (C=O) groups is 2. The molecule has 4 nitrogen and oxygen atoms in total. The van der Waals surface area contributed by atoms with E-state index in [0.29, 0.717) is 27.4 Å². The fourth-order valence-electron chi connectivity index (χ4n) is 5.66. The fourth-order valence-corrected chi connectivity index (χ4v) is 7.17. The Morgan fingerprint density at radius 3 is 2.38 bits per heavy atom. The number of cyclic esters (lactones) is 1. The largest absolute Gasteiger partial charge is 0.457 e. The molecule has 0 fully saturated rings. The first-order chi connectivity index (χ1) is 17.0. The van der Waals surface area contributed by atoms with Crippen molar-refractivity contribution < 1.29 is 19.1 Å². The van der Waals surface area contributed by atoms with E-state index in [9.17, 15) is 9.59 Å². The number of allylic oxidation sites excluding steroid dienone is 2. The Labute approximate surface area is 248 Å². The molecule has 0 spiro atoms. The highest BCUT2D eigenvalue weighted by molar-refractivity contribution is 9.10. The molecular formula is C30H41Br3O4. The summed E-state index contributed by atoms with van der Waals surface area (Å²) in [7, 11) is 0. The Hall–Kier alpha value is -0.660. The van der Waals surface area contributed by atoms with Gasteiger partial charge in [0.15, 0.2) is 0 Å². The maximum Gasteiger partial charge on any atom is 0.338 e. The molecule has 0 radical (unpaired) electrons. The normalized spacial score (nSPS) is 29.5. The summed E-state index contributed by atoms with van der Waals surface area (Å²) < 4.78 is 11.3. The van der Waals surface area contributed by atoms with E-state index in [-0.39, 0.29) is 33.2 Å². The lowest BCUT2D eigenvalue weighted by Crippen LogP contribution is -2.38. The number of esters is 2. The second-order valence-corrected chi connectivity index (χ2v) is 16.5. The highest BCUT2D eigenvalue weighted by atomic mass is 79.9. The summed E-state index contributed by atoms with van der Waals surface area (Å²) in [6, 6.07) is 5.29. The molecule has 206 valence electrons. The van der Waals surface area contributed by atoms with Crippen molar-refractivity contribution in [3.63, 3.8) is 0 Å². The highest BCUT2D eigenvalue weighted by Crippen LogP contribution is 2.51. The second-order valence-electron chi connectivity index (χ2n) is 12.3. The summed E-state index contributed by atoms with van der Waals surface area (Å²) in [5.41, 5.74) is 4.03. The van der Waals surface area contributed by atoms with E-state index in [0.717, 1.165) is 44.1 Å². The average Bonchev–Trinajstić information content (AvgIpc) is 2.79. The molecule has 0 amide bonds. The highest BCUT2D eigenvalue weighted by Gasteiger charge is 2.42. The summed E-state index contributed by atoms with van der Waals surface area (Å²) in [6.45, 7) is 14.7. The quantitative estimate of drug-likeness (QED) is 0.133. The first-order valence-corrected chi connectivity index (χ1v) is 15.9. The van der Waals surface area contributed by atoms with Crippen LogP contribution in [0.15, 0.2) is 29.3 Å². The van der Waals surface area contributed by atoms with Crippen molar-refractivity contribution >= 4 is 59.7 Å². The minimum atomic E-state index is -0.372. The molecule has 37 heavy (non-hydrogen) atoms. The first-order valence-electron chi connectivity index (χ1n) is 13.2. The van der Waals surface area contributed by atoms with Gasteiger partial charge in [0.25, 0.3) is 0 Å². The molecule has 1 aliphatic heterocycles. The van der Waals surface area contributed by atoms with Crippen LogP contribution in [0.1, 0.15) is 103 Å². The van der Waals surface area contributed by atoms with E-state index in [4.69, 9.17) is 9.47 Å². The Morgan fingerprint density at radius 1 is 1.08 bits per heavy atom. The summed E-state index contributed by atoms with van der Waals surface area (Å²) in [6.07, 6.45) is 6.17. The summed E-state index contributed by atoms with van der Waals surface area (Å²) in [5, 5.41) is 0. The smallest absolute Gasteiger partial charge is 0.338 e. The van der Waals surface area contributed by atoms with Crippen molar-refractivity contribution in [1.29, 1.82) is 0 Å². The minimum Gasteiger partial charge on any atom is -0.457 e. The predicted octanol–water partition coefficient (Wildman–Crippen LogP) is 9.10. The van der Waals surface area contributed by atoms with Gasteiger partial charge in [0.1, 0.15) is 11.9 Å². The molecule has 2 aliphatic rings.